The molecule has 3 aromatic rings. The van der Waals surface area contributed by atoms with Crippen LogP contribution in [0.4, 0.5) is 26.5 Å². The molecule has 0 aliphatic rings. The summed E-state index contributed by atoms with van der Waals surface area (Å²) in [6, 6.07) is 14.3. The van der Waals surface area contributed by atoms with Gasteiger partial charge in [0.25, 0.3) is 0 Å². The quantitative estimate of drug-likeness (QED) is 0.342. The van der Waals surface area contributed by atoms with Gasteiger partial charge in [-0.2, -0.15) is 10.2 Å². The van der Waals surface area contributed by atoms with Gasteiger partial charge in [0.2, 0.25) is 11.8 Å². The third-order valence-corrected chi connectivity index (χ3v) is 5.25. The SMILES string of the molecule is COc1cc(Nc2nc(N[C@H](c3ccccc3)[C@H](C)NC(=O)OC(C)(C)C)c(F)cc2C#N)cc(OC)n1. The van der Waals surface area contributed by atoms with Crippen LogP contribution in [-0.2, 0) is 4.74 Å². The van der Waals surface area contributed by atoms with Crippen molar-refractivity contribution in [2.45, 2.75) is 45.4 Å². The van der Waals surface area contributed by atoms with Gasteiger partial charge < -0.3 is 30.2 Å². The predicted molar refractivity (Wildman–Crippen MR) is 141 cm³/mol. The Hall–Kier alpha value is -4.59. The highest BCUT2D eigenvalue weighted by atomic mass is 19.1. The van der Waals surface area contributed by atoms with Crippen LogP contribution in [0.5, 0.6) is 11.8 Å². The van der Waals surface area contributed by atoms with Gasteiger partial charge >= 0.3 is 6.09 Å². The number of nitrogens with one attached hydrogen (secondary N) is 3. The van der Waals surface area contributed by atoms with Crippen molar-refractivity contribution in [3.63, 3.8) is 0 Å². The van der Waals surface area contributed by atoms with Crippen LogP contribution in [0.25, 0.3) is 0 Å². The number of halogens is 1. The fourth-order valence-corrected chi connectivity index (χ4v) is 3.55. The number of hydrogen-bond donors (Lipinski definition) is 3. The second-order valence-electron chi connectivity index (χ2n) is 9.36. The van der Waals surface area contributed by atoms with Crippen LogP contribution in [-0.4, -0.2) is 41.9 Å². The minimum absolute atomic E-state index is 0.0148. The Labute approximate surface area is 221 Å². The second-order valence-corrected chi connectivity index (χ2v) is 9.36. The predicted octanol–water partition coefficient (Wildman–Crippen LogP) is 5.31. The molecule has 1 aromatic carbocycles. The molecule has 0 saturated heterocycles. The van der Waals surface area contributed by atoms with Crippen LogP contribution in [0.3, 0.4) is 0 Å². The van der Waals surface area contributed by atoms with E-state index in [-0.39, 0.29) is 29.0 Å². The number of anilines is 3. The number of ether oxygens (including phenoxy) is 3. The number of nitriles is 1. The summed E-state index contributed by atoms with van der Waals surface area (Å²) >= 11 is 0. The lowest BCUT2D eigenvalue weighted by Crippen LogP contribution is -2.42. The van der Waals surface area contributed by atoms with Crippen molar-refractivity contribution in [3.8, 4) is 17.8 Å². The largest absolute Gasteiger partial charge is 0.481 e. The summed E-state index contributed by atoms with van der Waals surface area (Å²) in [6.07, 6.45) is -0.607. The van der Waals surface area contributed by atoms with Gasteiger partial charge in [0.15, 0.2) is 17.5 Å². The third kappa shape index (κ3) is 7.46. The van der Waals surface area contributed by atoms with Gasteiger partial charge in [0.1, 0.15) is 11.7 Å². The Bertz CT molecular complexity index is 1290. The second kappa shape index (κ2) is 12.1. The molecule has 0 spiro atoms. The molecule has 1 amide bonds. The number of hydrogen-bond acceptors (Lipinski definition) is 9. The van der Waals surface area contributed by atoms with E-state index in [4.69, 9.17) is 14.2 Å². The fraction of sp³-hybridized carbons (Fsp3) is 0.333. The third-order valence-electron chi connectivity index (χ3n) is 5.25. The Morgan fingerprint density at radius 2 is 1.66 bits per heavy atom. The van der Waals surface area contributed by atoms with Crippen molar-refractivity contribution in [1.29, 1.82) is 5.26 Å². The molecule has 0 unspecified atom stereocenters. The van der Waals surface area contributed by atoms with Crippen LogP contribution in [0.1, 0.15) is 44.9 Å². The zero-order valence-electron chi connectivity index (χ0n) is 22.1. The summed E-state index contributed by atoms with van der Waals surface area (Å²) in [7, 11) is 2.92. The first-order valence-corrected chi connectivity index (χ1v) is 11.8. The number of methoxy groups -OCH3 is 2. The van der Waals surface area contributed by atoms with Crippen molar-refractivity contribution in [2.75, 3.05) is 24.9 Å². The first-order chi connectivity index (χ1) is 18.0. The van der Waals surface area contributed by atoms with Gasteiger partial charge in [-0.1, -0.05) is 30.3 Å². The Morgan fingerprint density at radius 1 is 1.03 bits per heavy atom. The van der Waals surface area contributed by atoms with Crippen LogP contribution in [0, 0.1) is 17.1 Å². The molecule has 0 fully saturated rings. The molecule has 200 valence electrons. The van der Waals surface area contributed by atoms with Crippen molar-refractivity contribution < 1.29 is 23.4 Å². The highest BCUT2D eigenvalue weighted by Gasteiger charge is 2.26. The zero-order chi connectivity index (χ0) is 27.9. The van der Waals surface area contributed by atoms with E-state index in [0.717, 1.165) is 11.6 Å². The van der Waals surface area contributed by atoms with E-state index < -0.39 is 29.6 Å². The summed E-state index contributed by atoms with van der Waals surface area (Å²) in [6.45, 7) is 7.07. The van der Waals surface area contributed by atoms with Gasteiger partial charge in [-0.15, -0.1) is 0 Å². The maximum Gasteiger partial charge on any atom is 0.407 e. The molecule has 0 saturated carbocycles. The van der Waals surface area contributed by atoms with Gasteiger partial charge in [0, 0.05) is 12.1 Å². The van der Waals surface area contributed by atoms with E-state index >= 15 is 4.39 Å². The number of aromatic nitrogens is 2. The maximum absolute atomic E-state index is 15.2. The molecule has 2 heterocycles. The molecule has 11 heteroatoms. The summed E-state index contributed by atoms with van der Waals surface area (Å²) < 4.78 is 30.9. The van der Waals surface area contributed by atoms with E-state index in [1.54, 1.807) is 39.8 Å². The monoisotopic (exact) mass is 522 g/mol. The molecule has 3 N–H and O–H groups in total. The summed E-state index contributed by atoms with van der Waals surface area (Å²) in [5, 5.41) is 18.5. The van der Waals surface area contributed by atoms with E-state index in [0.29, 0.717) is 5.69 Å². The molecule has 3 rings (SSSR count). The standard InChI is InChI=1S/C27H31FN6O4/c1-16(30-26(35)38-27(2,3)4)23(17-10-8-7-9-11-17)33-25-20(28)12-18(15-29)24(34-25)31-19-13-21(36-5)32-22(14-19)37-6/h7-14,16,23H,1-6H3,(H,30,35)(H2,31,32,33,34)/t16-,23-/m0/s1. The average Bonchev–Trinajstić information content (AvgIpc) is 2.87. The topological polar surface area (TPSA) is 130 Å². The maximum atomic E-state index is 15.2. The number of amides is 1. The normalized spacial score (nSPS) is 12.5. The van der Waals surface area contributed by atoms with Crippen molar-refractivity contribution in [3.05, 3.63) is 65.5 Å². The van der Waals surface area contributed by atoms with Crippen LogP contribution < -0.4 is 25.4 Å². The average molecular weight is 523 g/mol. The van der Waals surface area contributed by atoms with Gasteiger partial charge in [-0.05, 0) is 39.3 Å². The first-order valence-electron chi connectivity index (χ1n) is 11.8. The lowest BCUT2D eigenvalue weighted by atomic mass is 10.0. The smallest absolute Gasteiger partial charge is 0.407 e. The molecular weight excluding hydrogens is 491 g/mol. The number of alkyl carbamates (subject to hydrolysis) is 1. The lowest BCUT2D eigenvalue weighted by Gasteiger charge is -2.28. The summed E-state index contributed by atoms with van der Waals surface area (Å²) in [4.78, 5) is 21.0. The minimum Gasteiger partial charge on any atom is -0.481 e. The van der Waals surface area contributed by atoms with E-state index in [2.05, 4.69) is 25.9 Å². The highest BCUT2D eigenvalue weighted by Crippen LogP contribution is 2.30. The van der Waals surface area contributed by atoms with Gasteiger partial charge in [-0.25, -0.2) is 14.2 Å². The highest BCUT2D eigenvalue weighted by molar-refractivity contribution is 5.69. The van der Waals surface area contributed by atoms with Crippen molar-refractivity contribution in [1.82, 2.24) is 15.3 Å². The molecule has 0 radical (unpaired) electrons. The Morgan fingerprint density at radius 3 is 2.21 bits per heavy atom. The van der Waals surface area contributed by atoms with E-state index in [1.807, 2.05) is 36.4 Å². The molecule has 0 bridgehead atoms. The number of rotatable bonds is 9. The minimum atomic E-state index is -0.734. The number of carbonyl (C=O) groups excluding carboxylic acids is 1. The molecule has 10 nitrogen and oxygen atoms in total. The Kier molecular flexibility index (Phi) is 8.91. The molecule has 0 aliphatic carbocycles. The molecule has 0 aliphatic heterocycles. The lowest BCUT2D eigenvalue weighted by molar-refractivity contribution is 0.0503. The molecule has 2 atom stereocenters. The van der Waals surface area contributed by atoms with Crippen LogP contribution >= 0.6 is 0 Å². The number of benzene rings is 1. The van der Waals surface area contributed by atoms with Gasteiger partial charge in [-0.3, -0.25) is 0 Å². The van der Waals surface area contributed by atoms with E-state index in [1.165, 1.54) is 14.2 Å². The van der Waals surface area contributed by atoms with Crippen LogP contribution in [0.15, 0.2) is 48.5 Å². The molecule has 38 heavy (non-hydrogen) atoms. The van der Waals surface area contributed by atoms with Crippen molar-refractivity contribution >= 4 is 23.4 Å². The fourth-order valence-electron chi connectivity index (χ4n) is 3.55. The summed E-state index contributed by atoms with van der Waals surface area (Å²) in [5.41, 5.74) is 0.549. The van der Waals surface area contributed by atoms with Crippen molar-refractivity contribution in [2.24, 2.45) is 0 Å². The van der Waals surface area contributed by atoms with Crippen LogP contribution in [0.2, 0.25) is 0 Å². The number of pyridine rings is 2. The van der Waals surface area contributed by atoms with Gasteiger partial charge in [0.05, 0.1) is 37.6 Å². The number of carbonyl (C=O) groups is 1. The molecular formula is C27H31FN6O4. The first kappa shape index (κ1) is 28.0. The molecule has 2 aromatic heterocycles. The van der Waals surface area contributed by atoms with E-state index in [9.17, 15) is 10.1 Å². The summed E-state index contributed by atoms with van der Waals surface area (Å²) in [5.74, 6) is -0.200. The number of nitrogens with zero attached hydrogens (tertiary/aromatic N) is 3. The Balaban J connectivity index is 1.96. The zero-order valence-corrected chi connectivity index (χ0v) is 22.1.